The van der Waals surface area contributed by atoms with Crippen LogP contribution in [0.1, 0.15) is 19.8 Å². The first-order valence-corrected chi connectivity index (χ1v) is 7.72. The van der Waals surface area contributed by atoms with Gasteiger partial charge in [0, 0.05) is 35.9 Å². The lowest BCUT2D eigenvalue weighted by molar-refractivity contribution is -0.138. The molecule has 1 aromatic carbocycles. The minimum Gasteiger partial charge on any atom is -0.489 e. The number of carbonyl (C=O) groups is 1. The molecule has 0 spiro atoms. The third-order valence-electron chi connectivity index (χ3n) is 3.86. The van der Waals surface area contributed by atoms with Crippen molar-refractivity contribution >= 4 is 16.9 Å². The highest BCUT2D eigenvalue weighted by Gasteiger charge is 2.26. The van der Waals surface area contributed by atoms with Crippen molar-refractivity contribution < 1.29 is 18.7 Å². The molecule has 124 valence electrons. The predicted molar refractivity (Wildman–Crippen MR) is 90.0 cm³/mol. The van der Waals surface area contributed by atoms with Gasteiger partial charge in [-0.1, -0.05) is 12.2 Å². The Morgan fingerprint density at radius 3 is 2.88 bits per heavy atom. The predicted octanol–water partition coefficient (Wildman–Crippen LogP) is 3.38. The molecule has 2 aromatic rings. The molecule has 0 aliphatic carbocycles. The number of hydrogen-bond acceptors (Lipinski definition) is 5. The van der Waals surface area contributed by atoms with E-state index < -0.39 is 0 Å². The molecule has 5 heteroatoms. The maximum Gasteiger partial charge on any atom is 0.336 e. The maximum atomic E-state index is 11.3. The van der Waals surface area contributed by atoms with Crippen LogP contribution in [0.2, 0.25) is 0 Å². The minimum atomic E-state index is -0.386. The van der Waals surface area contributed by atoms with E-state index in [4.69, 9.17) is 13.9 Å². The van der Waals surface area contributed by atoms with E-state index in [1.807, 2.05) is 25.1 Å². The third kappa shape index (κ3) is 3.74. The first-order valence-electron chi connectivity index (χ1n) is 7.72. The number of cyclic esters (lactones) is 1. The highest BCUT2D eigenvalue weighted by molar-refractivity contribution is 5.89. The van der Waals surface area contributed by atoms with E-state index in [1.54, 1.807) is 12.1 Å². The van der Waals surface area contributed by atoms with Crippen molar-refractivity contribution in [2.45, 2.75) is 25.9 Å². The van der Waals surface area contributed by atoms with E-state index in [-0.39, 0.29) is 17.7 Å². The molecule has 2 heterocycles. The fourth-order valence-corrected chi connectivity index (χ4v) is 2.60. The van der Waals surface area contributed by atoms with Gasteiger partial charge in [0.25, 0.3) is 0 Å². The van der Waals surface area contributed by atoms with Crippen LogP contribution in [-0.2, 0) is 9.53 Å². The average Bonchev–Trinajstić information content (AvgIpc) is 2.84. The Hall–Kier alpha value is -2.82. The Kier molecular flexibility index (Phi) is 4.51. The molecule has 0 bridgehead atoms. The van der Waals surface area contributed by atoms with E-state index in [0.717, 1.165) is 11.0 Å². The van der Waals surface area contributed by atoms with Crippen molar-refractivity contribution in [2.75, 3.05) is 6.61 Å². The largest absolute Gasteiger partial charge is 0.489 e. The number of carbonyl (C=O) groups excluding carboxylic acids is 1. The second-order valence-electron chi connectivity index (χ2n) is 5.85. The van der Waals surface area contributed by atoms with Gasteiger partial charge in [-0.3, -0.25) is 0 Å². The Morgan fingerprint density at radius 1 is 1.33 bits per heavy atom. The topological polar surface area (TPSA) is 65.7 Å². The summed E-state index contributed by atoms with van der Waals surface area (Å²) >= 11 is 0. The van der Waals surface area contributed by atoms with Gasteiger partial charge in [0.05, 0.1) is 0 Å². The fraction of sp³-hybridized carbons (Fsp3) is 0.263. The van der Waals surface area contributed by atoms with Crippen LogP contribution >= 0.6 is 0 Å². The molecule has 0 radical (unpaired) electrons. The fourth-order valence-electron chi connectivity index (χ4n) is 2.60. The first kappa shape index (κ1) is 16.1. The Morgan fingerprint density at radius 2 is 2.12 bits per heavy atom. The lowest BCUT2D eigenvalue weighted by Gasteiger charge is -2.09. The molecule has 1 aliphatic heterocycles. The minimum absolute atomic E-state index is 0.129. The smallest absolute Gasteiger partial charge is 0.336 e. The monoisotopic (exact) mass is 326 g/mol. The van der Waals surface area contributed by atoms with Crippen molar-refractivity contribution in [3.63, 3.8) is 0 Å². The van der Waals surface area contributed by atoms with Gasteiger partial charge in [-0.05, 0) is 31.2 Å². The van der Waals surface area contributed by atoms with Crippen molar-refractivity contribution in [3.05, 3.63) is 64.6 Å². The molecule has 1 aliphatic rings. The number of hydrogen-bond donors (Lipinski definition) is 0. The Labute approximate surface area is 139 Å². The van der Waals surface area contributed by atoms with Crippen molar-refractivity contribution in [1.82, 2.24) is 0 Å². The summed E-state index contributed by atoms with van der Waals surface area (Å²) in [6.45, 7) is 6.03. The average molecular weight is 326 g/mol. The van der Waals surface area contributed by atoms with E-state index in [2.05, 4.69) is 6.58 Å². The SMILES string of the molecule is C=C1C[C@@H](CC(C)=CCOc2ccc3ccc(=O)oc3c2)OC1=O. The number of benzene rings is 1. The molecule has 0 saturated carbocycles. The molecule has 24 heavy (non-hydrogen) atoms. The highest BCUT2D eigenvalue weighted by atomic mass is 16.5. The summed E-state index contributed by atoms with van der Waals surface area (Å²) in [5.41, 5.74) is 1.72. The Balaban J connectivity index is 1.58. The second kappa shape index (κ2) is 6.74. The number of ether oxygens (including phenoxy) is 2. The van der Waals surface area contributed by atoms with Crippen LogP contribution in [0.3, 0.4) is 0 Å². The molecule has 0 amide bonds. The van der Waals surface area contributed by atoms with Gasteiger partial charge in [0.15, 0.2) is 0 Å². The third-order valence-corrected chi connectivity index (χ3v) is 3.86. The van der Waals surface area contributed by atoms with Gasteiger partial charge in [0.1, 0.15) is 24.0 Å². The van der Waals surface area contributed by atoms with Crippen LogP contribution in [0.5, 0.6) is 5.75 Å². The summed E-state index contributed by atoms with van der Waals surface area (Å²) in [4.78, 5) is 22.5. The van der Waals surface area contributed by atoms with E-state index in [9.17, 15) is 9.59 Å². The first-order chi connectivity index (χ1) is 11.5. The van der Waals surface area contributed by atoms with Crippen LogP contribution in [0.4, 0.5) is 0 Å². The standard InChI is InChI=1S/C19H18O5/c1-12(9-16-10-13(2)19(21)23-16)7-8-22-15-5-3-14-4-6-18(20)24-17(14)11-15/h3-7,11,16H,2,8-10H2,1H3/t16-/m1/s1. The van der Waals surface area contributed by atoms with E-state index in [0.29, 0.717) is 36.4 Å². The molecule has 1 saturated heterocycles. The molecule has 0 unspecified atom stereocenters. The quantitative estimate of drug-likeness (QED) is 0.365. The van der Waals surface area contributed by atoms with Crippen LogP contribution in [-0.4, -0.2) is 18.7 Å². The van der Waals surface area contributed by atoms with Crippen LogP contribution in [0, 0.1) is 0 Å². The molecule has 0 N–H and O–H groups in total. The van der Waals surface area contributed by atoms with Gasteiger partial charge < -0.3 is 13.9 Å². The molecule has 3 rings (SSSR count). The van der Waals surface area contributed by atoms with Gasteiger partial charge in [-0.2, -0.15) is 0 Å². The summed E-state index contributed by atoms with van der Waals surface area (Å²) < 4.78 is 16.0. The van der Waals surface area contributed by atoms with Gasteiger partial charge in [-0.25, -0.2) is 9.59 Å². The zero-order valence-corrected chi connectivity index (χ0v) is 13.4. The van der Waals surface area contributed by atoms with Crippen molar-refractivity contribution in [3.8, 4) is 5.75 Å². The van der Waals surface area contributed by atoms with Crippen molar-refractivity contribution in [2.24, 2.45) is 0 Å². The zero-order valence-electron chi connectivity index (χ0n) is 13.4. The van der Waals surface area contributed by atoms with Crippen LogP contribution < -0.4 is 10.4 Å². The number of esters is 1. The van der Waals surface area contributed by atoms with E-state index >= 15 is 0 Å². The summed E-state index contributed by atoms with van der Waals surface area (Å²) in [5.74, 6) is 0.322. The van der Waals surface area contributed by atoms with Gasteiger partial charge in [0.2, 0.25) is 0 Å². The summed E-state index contributed by atoms with van der Waals surface area (Å²) in [7, 11) is 0. The molecule has 1 atom stereocenters. The maximum absolute atomic E-state index is 11.3. The molecule has 5 nitrogen and oxygen atoms in total. The highest BCUT2D eigenvalue weighted by Crippen LogP contribution is 2.24. The van der Waals surface area contributed by atoms with Crippen LogP contribution in [0.15, 0.2) is 63.3 Å². The van der Waals surface area contributed by atoms with Gasteiger partial charge in [-0.15, -0.1) is 0 Å². The molecule has 1 fully saturated rings. The lowest BCUT2D eigenvalue weighted by atomic mass is 10.1. The zero-order chi connectivity index (χ0) is 17.1. The summed E-state index contributed by atoms with van der Waals surface area (Å²) in [5, 5.41) is 0.844. The lowest BCUT2D eigenvalue weighted by Crippen LogP contribution is -2.07. The Bertz CT molecular complexity index is 859. The van der Waals surface area contributed by atoms with Crippen LogP contribution in [0.25, 0.3) is 11.0 Å². The number of fused-ring (bicyclic) bond motifs is 1. The molecular formula is C19H18O5. The van der Waals surface area contributed by atoms with Crippen molar-refractivity contribution in [1.29, 1.82) is 0 Å². The molecular weight excluding hydrogens is 308 g/mol. The normalized spacial score (nSPS) is 18.0. The summed E-state index contributed by atoms with van der Waals surface area (Å²) in [6.07, 6.45) is 3.06. The van der Waals surface area contributed by atoms with E-state index in [1.165, 1.54) is 6.07 Å². The summed E-state index contributed by atoms with van der Waals surface area (Å²) in [6, 6.07) is 8.47. The molecule has 1 aromatic heterocycles. The van der Waals surface area contributed by atoms with Gasteiger partial charge >= 0.3 is 11.6 Å². The number of rotatable bonds is 5. The second-order valence-corrected chi connectivity index (χ2v) is 5.85.